The van der Waals surface area contributed by atoms with E-state index in [-0.39, 0.29) is 0 Å². The molecule has 20 heavy (non-hydrogen) atoms. The van der Waals surface area contributed by atoms with Crippen molar-refractivity contribution in [2.45, 2.75) is 45.2 Å². The van der Waals surface area contributed by atoms with Crippen molar-refractivity contribution < 1.29 is 0 Å². The third kappa shape index (κ3) is 2.51. The van der Waals surface area contributed by atoms with Gasteiger partial charge in [0.25, 0.3) is 0 Å². The molecular weight excluding hydrogens is 252 g/mol. The summed E-state index contributed by atoms with van der Waals surface area (Å²) in [7, 11) is 0. The Morgan fingerprint density at radius 2 is 2.15 bits per heavy atom. The highest BCUT2D eigenvalue weighted by Gasteiger charge is 2.28. The number of aromatic nitrogens is 4. The maximum absolute atomic E-state index is 5.83. The molecule has 0 saturated heterocycles. The number of aromatic amines is 1. The van der Waals surface area contributed by atoms with Crippen LogP contribution in [0.1, 0.15) is 41.4 Å². The van der Waals surface area contributed by atoms with Crippen molar-refractivity contribution in [1.82, 2.24) is 20.2 Å². The zero-order valence-corrected chi connectivity index (χ0v) is 11.8. The van der Waals surface area contributed by atoms with Crippen molar-refractivity contribution >= 4 is 5.82 Å². The van der Waals surface area contributed by atoms with Gasteiger partial charge in [-0.1, -0.05) is 0 Å². The molecule has 2 aromatic heterocycles. The highest BCUT2D eigenvalue weighted by Crippen LogP contribution is 2.34. The van der Waals surface area contributed by atoms with Crippen LogP contribution < -0.4 is 11.1 Å². The maximum Gasteiger partial charge on any atom is 0.129 e. The van der Waals surface area contributed by atoms with Gasteiger partial charge in [0, 0.05) is 41.5 Å². The average molecular weight is 272 g/mol. The normalized spacial score (nSPS) is 21.6. The molecule has 6 nitrogen and oxygen atoms in total. The Balaban J connectivity index is 1.67. The first-order chi connectivity index (χ1) is 9.63. The number of H-pyrrole nitrogens is 1. The topological polar surface area (TPSA) is 92.5 Å². The third-order valence-electron chi connectivity index (χ3n) is 4.01. The van der Waals surface area contributed by atoms with Gasteiger partial charge < -0.3 is 11.1 Å². The summed E-state index contributed by atoms with van der Waals surface area (Å²) in [6.07, 6.45) is 3.67. The van der Waals surface area contributed by atoms with Crippen LogP contribution >= 0.6 is 0 Å². The summed E-state index contributed by atoms with van der Waals surface area (Å²) in [6.45, 7) is 4.74. The number of anilines is 1. The minimum atomic E-state index is 0.336. The molecule has 106 valence electrons. The van der Waals surface area contributed by atoms with Crippen LogP contribution in [0.25, 0.3) is 0 Å². The standard InChI is InChI=1S/C14H20N6/c1-8-12(9(2)20-19-8)6-16-14-5-13(17-7-18-14)10-3-11(15)4-10/h5,7,10-11H,3-4,6,15H2,1-2H3,(H,19,20)(H,16,17,18). The number of aryl methyl sites for hydroxylation is 2. The quantitative estimate of drug-likeness (QED) is 0.786. The molecule has 4 N–H and O–H groups in total. The summed E-state index contributed by atoms with van der Waals surface area (Å²) < 4.78 is 0. The van der Waals surface area contributed by atoms with E-state index >= 15 is 0 Å². The van der Waals surface area contributed by atoms with Crippen LogP contribution in [0.5, 0.6) is 0 Å². The van der Waals surface area contributed by atoms with Crippen LogP contribution in [0.15, 0.2) is 12.4 Å². The van der Waals surface area contributed by atoms with E-state index in [0.717, 1.165) is 42.3 Å². The molecule has 3 rings (SSSR count). The Bertz CT molecular complexity index is 580. The molecule has 0 bridgehead atoms. The average Bonchev–Trinajstić information content (AvgIpc) is 2.73. The highest BCUT2D eigenvalue weighted by atomic mass is 15.1. The van der Waals surface area contributed by atoms with Gasteiger partial charge >= 0.3 is 0 Å². The van der Waals surface area contributed by atoms with Gasteiger partial charge in [0.2, 0.25) is 0 Å². The molecule has 6 heteroatoms. The lowest BCUT2D eigenvalue weighted by Crippen LogP contribution is -2.35. The van der Waals surface area contributed by atoms with E-state index in [1.54, 1.807) is 6.33 Å². The second-order valence-electron chi connectivity index (χ2n) is 5.52. The Morgan fingerprint density at radius 3 is 2.80 bits per heavy atom. The van der Waals surface area contributed by atoms with E-state index in [1.807, 2.05) is 19.9 Å². The Hall–Kier alpha value is -1.95. The lowest BCUT2D eigenvalue weighted by molar-refractivity contribution is 0.345. The minimum absolute atomic E-state index is 0.336. The number of hydrogen-bond acceptors (Lipinski definition) is 5. The fourth-order valence-electron chi connectivity index (χ4n) is 2.61. The van der Waals surface area contributed by atoms with Crippen LogP contribution in [0.2, 0.25) is 0 Å². The minimum Gasteiger partial charge on any atom is -0.366 e. The van der Waals surface area contributed by atoms with Crippen molar-refractivity contribution in [3.05, 3.63) is 35.0 Å². The zero-order valence-electron chi connectivity index (χ0n) is 11.8. The van der Waals surface area contributed by atoms with Crippen molar-refractivity contribution in [2.75, 3.05) is 5.32 Å². The van der Waals surface area contributed by atoms with E-state index < -0.39 is 0 Å². The molecule has 0 radical (unpaired) electrons. The fraction of sp³-hybridized carbons (Fsp3) is 0.500. The fourth-order valence-corrected chi connectivity index (χ4v) is 2.61. The summed E-state index contributed by atoms with van der Waals surface area (Å²) in [4.78, 5) is 8.62. The Morgan fingerprint density at radius 1 is 1.35 bits per heavy atom. The van der Waals surface area contributed by atoms with Crippen LogP contribution in [0.4, 0.5) is 5.82 Å². The molecule has 1 fully saturated rings. The van der Waals surface area contributed by atoms with Gasteiger partial charge in [0.15, 0.2) is 0 Å². The Labute approximate surface area is 118 Å². The molecular formula is C14H20N6. The van der Waals surface area contributed by atoms with Gasteiger partial charge in [0.05, 0.1) is 5.69 Å². The molecule has 1 saturated carbocycles. The van der Waals surface area contributed by atoms with E-state index in [1.165, 1.54) is 5.56 Å². The second kappa shape index (κ2) is 5.20. The maximum atomic E-state index is 5.83. The molecule has 0 spiro atoms. The number of nitrogens with one attached hydrogen (secondary N) is 2. The van der Waals surface area contributed by atoms with Gasteiger partial charge in [-0.05, 0) is 26.7 Å². The van der Waals surface area contributed by atoms with Crippen LogP contribution in [0, 0.1) is 13.8 Å². The molecule has 2 aromatic rings. The molecule has 1 aliphatic rings. The first kappa shape index (κ1) is 13.1. The molecule has 0 amide bonds. The van der Waals surface area contributed by atoms with E-state index in [2.05, 4.69) is 25.5 Å². The summed E-state index contributed by atoms with van der Waals surface area (Å²) in [5.74, 6) is 1.35. The van der Waals surface area contributed by atoms with Crippen molar-refractivity contribution in [1.29, 1.82) is 0 Å². The lowest BCUT2D eigenvalue weighted by Gasteiger charge is -2.31. The predicted molar refractivity (Wildman–Crippen MR) is 77.4 cm³/mol. The number of hydrogen-bond donors (Lipinski definition) is 3. The van der Waals surface area contributed by atoms with Gasteiger partial charge in [-0.15, -0.1) is 0 Å². The van der Waals surface area contributed by atoms with Crippen LogP contribution in [-0.4, -0.2) is 26.2 Å². The molecule has 0 atom stereocenters. The number of nitrogens with zero attached hydrogens (tertiary/aromatic N) is 3. The van der Waals surface area contributed by atoms with Gasteiger partial charge in [-0.25, -0.2) is 9.97 Å². The smallest absolute Gasteiger partial charge is 0.129 e. The molecule has 1 aliphatic carbocycles. The monoisotopic (exact) mass is 272 g/mol. The molecule has 0 aliphatic heterocycles. The highest BCUT2D eigenvalue weighted by molar-refractivity contribution is 5.38. The lowest BCUT2D eigenvalue weighted by atomic mass is 9.79. The summed E-state index contributed by atoms with van der Waals surface area (Å²) >= 11 is 0. The Kier molecular flexibility index (Phi) is 3.40. The number of nitrogens with two attached hydrogens (primary N) is 1. The van der Waals surface area contributed by atoms with Crippen molar-refractivity contribution in [2.24, 2.45) is 5.73 Å². The van der Waals surface area contributed by atoms with Gasteiger partial charge in [-0.2, -0.15) is 5.10 Å². The second-order valence-corrected chi connectivity index (χ2v) is 5.52. The first-order valence-corrected chi connectivity index (χ1v) is 6.95. The first-order valence-electron chi connectivity index (χ1n) is 6.95. The third-order valence-corrected chi connectivity index (χ3v) is 4.01. The summed E-state index contributed by atoms with van der Waals surface area (Å²) in [5.41, 5.74) is 10.2. The molecule has 0 aromatic carbocycles. The van der Waals surface area contributed by atoms with E-state index in [0.29, 0.717) is 12.0 Å². The SMILES string of the molecule is Cc1n[nH]c(C)c1CNc1cc(C2CC(N)C2)ncn1. The summed E-state index contributed by atoms with van der Waals surface area (Å²) in [5, 5.41) is 10.5. The molecule has 2 heterocycles. The largest absolute Gasteiger partial charge is 0.366 e. The zero-order chi connectivity index (χ0) is 14.1. The van der Waals surface area contributed by atoms with Crippen LogP contribution in [-0.2, 0) is 6.54 Å². The predicted octanol–water partition coefficient (Wildman–Crippen LogP) is 1.63. The van der Waals surface area contributed by atoms with Crippen molar-refractivity contribution in [3.8, 4) is 0 Å². The molecule has 0 unspecified atom stereocenters. The van der Waals surface area contributed by atoms with Gasteiger partial charge in [-0.3, -0.25) is 5.10 Å². The van der Waals surface area contributed by atoms with Crippen molar-refractivity contribution in [3.63, 3.8) is 0 Å². The van der Waals surface area contributed by atoms with Gasteiger partial charge in [0.1, 0.15) is 12.1 Å². The summed E-state index contributed by atoms with van der Waals surface area (Å²) in [6, 6.07) is 2.36. The number of rotatable bonds is 4. The van der Waals surface area contributed by atoms with E-state index in [4.69, 9.17) is 5.73 Å². The van der Waals surface area contributed by atoms with Crippen LogP contribution in [0.3, 0.4) is 0 Å². The van der Waals surface area contributed by atoms with E-state index in [9.17, 15) is 0 Å².